The average Bonchev–Trinajstić information content (AvgIpc) is 3.36. The minimum absolute atomic E-state index is 0.229. The van der Waals surface area contributed by atoms with Gasteiger partial charge in [0.1, 0.15) is 0 Å². The average molecular weight is 363 g/mol. The summed E-state index contributed by atoms with van der Waals surface area (Å²) < 4.78 is 7.40. The molecule has 1 saturated carbocycles. The fraction of sp³-hybridized carbons (Fsp3) is 0.400. The van der Waals surface area contributed by atoms with Gasteiger partial charge in [-0.05, 0) is 18.4 Å². The van der Waals surface area contributed by atoms with Gasteiger partial charge in [0.15, 0.2) is 11.5 Å². The SMILES string of the molecule is Cn1nc(-c2nc(Cc3ccccc3)no2)c2c1CCN(C(=O)C1CC1)C2. The van der Waals surface area contributed by atoms with Crippen molar-refractivity contribution in [3.63, 3.8) is 0 Å². The summed E-state index contributed by atoms with van der Waals surface area (Å²) in [7, 11) is 1.93. The molecule has 7 heteroatoms. The molecule has 1 aliphatic carbocycles. The molecule has 0 saturated heterocycles. The predicted molar refractivity (Wildman–Crippen MR) is 97.6 cm³/mol. The maximum atomic E-state index is 12.5. The third kappa shape index (κ3) is 3.03. The van der Waals surface area contributed by atoms with Crippen LogP contribution >= 0.6 is 0 Å². The second-order valence-electron chi connectivity index (χ2n) is 7.36. The van der Waals surface area contributed by atoms with E-state index in [0.29, 0.717) is 30.4 Å². The van der Waals surface area contributed by atoms with Gasteiger partial charge in [-0.1, -0.05) is 35.5 Å². The number of hydrogen-bond acceptors (Lipinski definition) is 5. The third-order valence-electron chi connectivity index (χ3n) is 5.36. The summed E-state index contributed by atoms with van der Waals surface area (Å²) >= 11 is 0. The Morgan fingerprint density at radius 2 is 2.07 bits per heavy atom. The Morgan fingerprint density at radius 3 is 2.85 bits per heavy atom. The molecule has 1 aromatic carbocycles. The van der Waals surface area contributed by atoms with Crippen molar-refractivity contribution >= 4 is 5.91 Å². The lowest BCUT2D eigenvalue weighted by atomic mass is 10.0. The molecule has 2 aromatic heterocycles. The maximum absolute atomic E-state index is 12.5. The van der Waals surface area contributed by atoms with E-state index in [1.807, 2.05) is 47.0 Å². The van der Waals surface area contributed by atoms with Crippen LogP contribution in [0.15, 0.2) is 34.9 Å². The van der Waals surface area contributed by atoms with Gasteiger partial charge in [0, 0.05) is 50.2 Å². The molecule has 0 radical (unpaired) electrons. The molecular weight excluding hydrogens is 342 g/mol. The molecule has 1 amide bonds. The molecule has 0 N–H and O–H groups in total. The zero-order chi connectivity index (χ0) is 18.4. The second kappa shape index (κ2) is 6.33. The molecule has 27 heavy (non-hydrogen) atoms. The number of benzene rings is 1. The number of aryl methyl sites for hydroxylation is 1. The lowest BCUT2D eigenvalue weighted by Crippen LogP contribution is -2.37. The van der Waals surface area contributed by atoms with E-state index >= 15 is 0 Å². The van der Waals surface area contributed by atoms with Gasteiger partial charge in [-0.25, -0.2) is 0 Å². The molecule has 138 valence electrons. The maximum Gasteiger partial charge on any atom is 0.278 e. The first-order valence-electron chi connectivity index (χ1n) is 9.39. The quantitative estimate of drug-likeness (QED) is 0.711. The topological polar surface area (TPSA) is 77.1 Å². The van der Waals surface area contributed by atoms with E-state index in [0.717, 1.165) is 42.6 Å². The number of rotatable bonds is 4. The van der Waals surface area contributed by atoms with Crippen LogP contribution in [-0.2, 0) is 31.2 Å². The van der Waals surface area contributed by atoms with Crippen molar-refractivity contribution < 1.29 is 9.32 Å². The standard InChI is InChI=1S/C20H21N5O2/c1-24-16-9-10-25(20(26)14-7-8-14)12-15(16)18(22-24)19-21-17(23-27-19)11-13-5-3-2-4-6-13/h2-6,14H,7-12H2,1H3. The largest absolute Gasteiger partial charge is 0.338 e. The van der Waals surface area contributed by atoms with Gasteiger partial charge in [0.25, 0.3) is 5.89 Å². The third-order valence-corrected chi connectivity index (χ3v) is 5.36. The zero-order valence-corrected chi connectivity index (χ0v) is 15.3. The number of amides is 1. The van der Waals surface area contributed by atoms with Crippen LogP contribution in [0.4, 0.5) is 0 Å². The highest BCUT2D eigenvalue weighted by atomic mass is 16.5. The second-order valence-corrected chi connectivity index (χ2v) is 7.36. The predicted octanol–water partition coefficient (Wildman–Crippen LogP) is 2.36. The Morgan fingerprint density at radius 1 is 1.26 bits per heavy atom. The van der Waals surface area contributed by atoms with Crippen molar-refractivity contribution in [2.24, 2.45) is 13.0 Å². The molecule has 1 fully saturated rings. The lowest BCUT2D eigenvalue weighted by Gasteiger charge is -2.27. The van der Waals surface area contributed by atoms with Crippen LogP contribution in [-0.4, -0.2) is 37.3 Å². The van der Waals surface area contributed by atoms with Crippen LogP contribution in [0.3, 0.4) is 0 Å². The Labute approximate surface area is 157 Å². The highest BCUT2D eigenvalue weighted by Gasteiger charge is 2.36. The van der Waals surface area contributed by atoms with Gasteiger partial charge in [0.2, 0.25) is 5.91 Å². The Kier molecular flexibility index (Phi) is 3.81. The van der Waals surface area contributed by atoms with E-state index in [1.165, 1.54) is 0 Å². The Balaban J connectivity index is 1.42. The summed E-state index contributed by atoms with van der Waals surface area (Å²) in [5.74, 6) is 1.56. The van der Waals surface area contributed by atoms with Crippen LogP contribution < -0.4 is 0 Å². The van der Waals surface area contributed by atoms with Crippen molar-refractivity contribution in [3.05, 3.63) is 53.0 Å². The first-order chi connectivity index (χ1) is 13.2. The molecule has 1 aliphatic heterocycles. The van der Waals surface area contributed by atoms with Crippen molar-refractivity contribution in [2.45, 2.75) is 32.2 Å². The van der Waals surface area contributed by atoms with E-state index in [9.17, 15) is 4.79 Å². The van der Waals surface area contributed by atoms with Crippen molar-refractivity contribution in [1.29, 1.82) is 0 Å². The number of hydrogen-bond donors (Lipinski definition) is 0. The van der Waals surface area contributed by atoms with Crippen LogP contribution in [0.5, 0.6) is 0 Å². The van der Waals surface area contributed by atoms with Gasteiger partial charge >= 0.3 is 0 Å². The number of aromatic nitrogens is 4. The van der Waals surface area contributed by atoms with Crippen LogP contribution in [0, 0.1) is 5.92 Å². The highest BCUT2D eigenvalue weighted by molar-refractivity contribution is 5.81. The molecule has 0 spiro atoms. The molecule has 3 heterocycles. The molecular formula is C20H21N5O2. The van der Waals surface area contributed by atoms with Crippen molar-refractivity contribution in [2.75, 3.05) is 6.54 Å². The number of carbonyl (C=O) groups is 1. The Bertz CT molecular complexity index is 987. The number of fused-ring (bicyclic) bond motifs is 1. The van der Waals surface area contributed by atoms with E-state index < -0.39 is 0 Å². The number of carbonyl (C=O) groups excluding carboxylic acids is 1. The minimum Gasteiger partial charge on any atom is -0.338 e. The first kappa shape index (κ1) is 16.2. The van der Waals surface area contributed by atoms with Crippen LogP contribution in [0.1, 0.15) is 35.5 Å². The summed E-state index contributed by atoms with van der Waals surface area (Å²) in [5, 5.41) is 8.74. The summed E-state index contributed by atoms with van der Waals surface area (Å²) in [6.07, 6.45) is 3.47. The monoisotopic (exact) mass is 363 g/mol. The van der Waals surface area contributed by atoms with E-state index in [4.69, 9.17) is 4.52 Å². The van der Waals surface area contributed by atoms with Crippen molar-refractivity contribution in [3.8, 4) is 11.6 Å². The van der Waals surface area contributed by atoms with E-state index in [-0.39, 0.29) is 11.8 Å². The van der Waals surface area contributed by atoms with Gasteiger partial charge in [0.05, 0.1) is 0 Å². The fourth-order valence-corrected chi connectivity index (χ4v) is 3.74. The molecule has 0 bridgehead atoms. The number of nitrogens with zero attached hydrogens (tertiary/aromatic N) is 5. The summed E-state index contributed by atoms with van der Waals surface area (Å²) in [5.41, 5.74) is 4.02. The normalized spacial score (nSPS) is 16.4. The zero-order valence-electron chi connectivity index (χ0n) is 15.3. The molecule has 5 rings (SSSR count). The van der Waals surface area contributed by atoms with Crippen molar-refractivity contribution in [1.82, 2.24) is 24.8 Å². The summed E-state index contributed by atoms with van der Waals surface area (Å²) in [4.78, 5) is 19.0. The van der Waals surface area contributed by atoms with Gasteiger partial charge < -0.3 is 9.42 Å². The van der Waals surface area contributed by atoms with E-state index in [1.54, 1.807) is 0 Å². The van der Waals surface area contributed by atoms with Crippen LogP contribution in [0.25, 0.3) is 11.6 Å². The minimum atomic E-state index is 0.229. The molecule has 2 aliphatic rings. The molecule has 0 atom stereocenters. The fourth-order valence-electron chi connectivity index (χ4n) is 3.74. The smallest absolute Gasteiger partial charge is 0.278 e. The van der Waals surface area contributed by atoms with E-state index in [2.05, 4.69) is 15.2 Å². The van der Waals surface area contributed by atoms with Gasteiger partial charge in [-0.15, -0.1) is 0 Å². The Hall–Kier alpha value is -2.96. The first-order valence-corrected chi connectivity index (χ1v) is 9.39. The summed E-state index contributed by atoms with van der Waals surface area (Å²) in [6, 6.07) is 10.1. The highest BCUT2D eigenvalue weighted by Crippen LogP contribution is 2.34. The van der Waals surface area contributed by atoms with Crippen LogP contribution in [0.2, 0.25) is 0 Å². The van der Waals surface area contributed by atoms with Gasteiger partial charge in [-0.2, -0.15) is 10.1 Å². The summed E-state index contributed by atoms with van der Waals surface area (Å²) in [6.45, 7) is 1.33. The molecule has 7 nitrogen and oxygen atoms in total. The lowest BCUT2D eigenvalue weighted by molar-refractivity contribution is -0.133. The molecule has 3 aromatic rings. The van der Waals surface area contributed by atoms with Gasteiger partial charge in [-0.3, -0.25) is 9.48 Å². The molecule has 0 unspecified atom stereocenters.